The van der Waals surface area contributed by atoms with Crippen molar-refractivity contribution in [1.82, 2.24) is 4.90 Å². The molecule has 0 radical (unpaired) electrons. The van der Waals surface area contributed by atoms with Crippen LogP contribution in [-0.4, -0.2) is 54.5 Å². The fraction of sp³-hybridized carbons (Fsp3) is 0.276. The second-order valence-electron chi connectivity index (χ2n) is 9.46. The van der Waals surface area contributed by atoms with Crippen LogP contribution in [0.1, 0.15) is 40.0 Å². The fourth-order valence-electron chi connectivity index (χ4n) is 4.88. The van der Waals surface area contributed by atoms with Gasteiger partial charge in [0.15, 0.2) is 0 Å². The van der Waals surface area contributed by atoms with Gasteiger partial charge in [0.05, 0.1) is 24.1 Å². The molecule has 1 saturated heterocycles. The van der Waals surface area contributed by atoms with Gasteiger partial charge in [-0.25, -0.2) is 4.39 Å². The minimum Gasteiger partial charge on any atom is -0.490 e. The Morgan fingerprint density at radius 3 is 2.58 bits per heavy atom. The number of carbonyl (C=O) groups excluding carboxylic acids is 3. The van der Waals surface area contributed by atoms with E-state index in [4.69, 9.17) is 9.47 Å². The van der Waals surface area contributed by atoms with Crippen molar-refractivity contribution in [2.45, 2.75) is 37.5 Å². The summed E-state index contributed by atoms with van der Waals surface area (Å²) in [6.45, 7) is 0.209. The molecule has 3 atom stereocenters. The Bertz CT molecular complexity index is 1350. The van der Waals surface area contributed by atoms with E-state index in [1.54, 1.807) is 30.1 Å². The third-order valence-electron chi connectivity index (χ3n) is 6.83. The fourth-order valence-corrected chi connectivity index (χ4v) is 4.88. The second kappa shape index (κ2) is 11.0. The lowest BCUT2D eigenvalue weighted by molar-refractivity contribution is -0.130. The molecule has 3 amide bonds. The molecule has 2 N–H and O–H groups in total. The first-order chi connectivity index (χ1) is 18.4. The summed E-state index contributed by atoms with van der Waals surface area (Å²) in [5.74, 6) is -1.02. The number of hydrogen-bond donors (Lipinski definition) is 2. The molecule has 0 bridgehead atoms. The molecule has 1 fully saturated rings. The Kier molecular flexibility index (Phi) is 7.37. The lowest BCUT2D eigenvalue weighted by Crippen LogP contribution is -2.53. The van der Waals surface area contributed by atoms with Gasteiger partial charge in [-0.15, -0.1) is 0 Å². The first kappa shape index (κ1) is 25.4. The third-order valence-corrected chi connectivity index (χ3v) is 6.83. The highest BCUT2D eigenvalue weighted by Gasteiger charge is 2.39. The predicted molar refractivity (Wildman–Crippen MR) is 140 cm³/mol. The molecule has 3 aromatic carbocycles. The SMILES string of the molecule is CN1C(=O)c2cc(NC(=O)c3cccc(F)c3)ccc2OC[C@@H]2O[C@@H](CC(=O)Nc3ccccc3)CC[C@H]21. The molecule has 0 spiro atoms. The van der Waals surface area contributed by atoms with Gasteiger partial charge >= 0.3 is 0 Å². The molecule has 5 rings (SSSR count). The van der Waals surface area contributed by atoms with E-state index in [1.165, 1.54) is 18.2 Å². The van der Waals surface area contributed by atoms with Crippen molar-refractivity contribution in [1.29, 1.82) is 0 Å². The molecule has 9 heteroatoms. The van der Waals surface area contributed by atoms with E-state index in [-0.39, 0.29) is 42.6 Å². The van der Waals surface area contributed by atoms with E-state index in [0.717, 1.165) is 11.8 Å². The van der Waals surface area contributed by atoms with E-state index in [1.807, 2.05) is 30.3 Å². The van der Waals surface area contributed by atoms with E-state index in [9.17, 15) is 18.8 Å². The van der Waals surface area contributed by atoms with Gasteiger partial charge in [0.1, 0.15) is 24.3 Å². The molecule has 0 unspecified atom stereocenters. The summed E-state index contributed by atoms with van der Waals surface area (Å²) in [5, 5.41) is 5.59. The Hall–Kier alpha value is -4.24. The smallest absolute Gasteiger partial charge is 0.257 e. The summed E-state index contributed by atoms with van der Waals surface area (Å²) >= 11 is 0. The van der Waals surface area contributed by atoms with Crippen molar-refractivity contribution in [2.24, 2.45) is 0 Å². The summed E-state index contributed by atoms with van der Waals surface area (Å²) < 4.78 is 25.7. The van der Waals surface area contributed by atoms with E-state index in [0.29, 0.717) is 29.8 Å². The van der Waals surface area contributed by atoms with Gasteiger partial charge in [0.25, 0.3) is 11.8 Å². The Labute approximate surface area is 219 Å². The van der Waals surface area contributed by atoms with Gasteiger partial charge in [-0.05, 0) is 61.4 Å². The molecule has 2 aliphatic rings. The van der Waals surface area contributed by atoms with Crippen LogP contribution in [0, 0.1) is 5.82 Å². The van der Waals surface area contributed by atoms with Crippen LogP contribution >= 0.6 is 0 Å². The molecule has 196 valence electrons. The van der Waals surface area contributed by atoms with Gasteiger partial charge in [0, 0.05) is 24.0 Å². The highest BCUT2D eigenvalue weighted by molar-refractivity contribution is 6.05. The predicted octanol–water partition coefficient (Wildman–Crippen LogP) is 4.49. The van der Waals surface area contributed by atoms with Crippen molar-refractivity contribution >= 4 is 29.1 Å². The van der Waals surface area contributed by atoms with Crippen molar-refractivity contribution in [3.63, 3.8) is 0 Å². The van der Waals surface area contributed by atoms with E-state index in [2.05, 4.69) is 10.6 Å². The zero-order valence-corrected chi connectivity index (χ0v) is 20.9. The number of benzene rings is 3. The largest absolute Gasteiger partial charge is 0.490 e. The standard InChI is InChI=1S/C29H28FN3O5/c1-33-24-12-11-22(16-27(34)31-20-8-3-2-4-9-20)38-26(24)17-37-25-13-10-21(15-23(25)29(33)36)32-28(35)18-6-5-7-19(30)14-18/h2-10,13-15,22,24,26H,11-12,16-17H2,1H3,(H,31,34)(H,32,35)/t22-,24-,26+/m1/s1. The topological polar surface area (TPSA) is 97.0 Å². The maximum atomic E-state index is 13.5. The van der Waals surface area contributed by atoms with Gasteiger partial charge in [0.2, 0.25) is 5.91 Å². The normalized spacial score (nSPS) is 20.7. The molecule has 38 heavy (non-hydrogen) atoms. The lowest BCUT2D eigenvalue weighted by atomic mass is 9.94. The van der Waals surface area contributed by atoms with Crippen LogP contribution in [0.2, 0.25) is 0 Å². The minimum atomic E-state index is -0.510. The highest BCUT2D eigenvalue weighted by atomic mass is 19.1. The lowest BCUT2D eigenvalue weighted by Gasteiger charge is -2.42. The van der Waals surface area contributed by atoms with Crippen LogP contribution in [0.3, 0.4) is 0 Å². The van der Waals surface area contributed by atoms with E-state index >= 15 is 0 Å². The summed E-state index contributed by atoms with van der Waals surface area (Å²) in [5.41, 5.74) is 1.61. The number of halogens is 1. The Balaban J connectivity index is 1.26. The van der Waals surface area contributed by atoms with Crippen molar-refractivity contribution < 1.29 is 28.2 Å². The Morgan fingerprint density at radius 1 is 0.974 bits per heavy atom. The van der Waals surface area contributed by atoms with Gasteiger partial charge in [-0.3, -0.25) is 14.4 Å². The molecule has 0 saturated carbocycles. The molecule has 0 aliphatic carbocycles. The highest BCUT2D eigenvalue weighted by Crippen LogP contribution is 2.32. The monoisotopic (exact) mass is 517 g/mol. The van der Waals surface area contributed by atoms with Crippen LogP contribution < -0.4 is 15.4 Å². The quantitative estimate of drug-likeness (QED) is 0.520. The zero-order valence-electron chi connectivity index (χ0n) is 20.9. The molecular weight excluding hydrogens is 489 g/mol. The summed E-state index contributed by atoms with van der Waals surface area (Å²) in [6.07, 6.45) is 0.808. The van der Waals surface area contributed by atoms with Crippen molar-refractivity contribution in [3.05, 3.63) is 89.7 Å². The van der Waals surface area contributed by atoms with Crippen LogP contribution in [0.15, 0.2) is 72.8 Å². The number of carbonyl (C=O) groups is 3. The van der Waals surface area contributed by atoms with Gasteiger partial charge in [-0.2, -0.15) is 0 Å². The molecular formula is C29H28FN3O5. The molecule has 2 aliphatic heterocycles. The number of anilines is 2. The van der Waals surface area contributed by atoms with E-state index < -0.39 is 17.8 Å². The van der Waals surface area contributed by atoms with Crippen LogP contribution in [0.25, 0.3) is 0 Å². The second-order valence-corrected chi connectivity index (χ2v) is 9.46. The number of amides is 3. The van der Waals surface area contributed by atoms with Gasteiger partial charge < -0.3 is 25.0 Å². The third kappa shape index (κ3) is 5.68. The molecule has 3 aromatic rings. The minimum absolute atomic E-state index is 0.131. The number of nitrogens with one attached hydrogen (secondary N) is 2. The molecule has 0 aromatic heterocycles. The molecule has 2 heterocycles. The molecule has 8 nitrogen and oxygen atoms in total. The first-order valence-corrected chi connectivity index (χ1v) is 12.5. The van der Waals surface area contributed by atoms with Gasteiger partial charge in [-0.1, -0.05) is 24.3 Å². The number of rotatable bonds is 5. The summed E-state index contributed by atoms with van der Waals surface area (Å²) in [6, 6.07) is 19.2. The zero-order chi connectivity index (χ0) is 26.6. The maximum Gasteiger partial charge on any atom is 0.257 e. The average molecular weight is 518 g/mol. The van der Waals surface area contributed by atoms with Crippen LogP contribution in [0.4, 0.5) is 15.8 Å². The number of hydrogen-bond acceptors (Lipinski definition) is 5. The number of ether oxygens (including phenoxy) is 2. The maximum absolute atomic E-state index is 13.5. The summed E-state index contributed by atoms with van der Waals surface area (Å²) in [7, 11) is 1.72. The number of likely N-dealkylation sites (N-methyl/N-ethyl adjacent to an activating group) is 1. The Morgan fingerprint density at radius 2 is 1.79 bits per heavy atom. The number of nitrogens with zero attached hydrogens (tertiary/aromatic N) is 1. The summed E-state index contributed by atoms with van der Waals surface area (Å²) in [4.78, 5) is 40.1. The van der Waals surface area contributed by atoms with Crippen molar-refractivity contribution in [3.8, 4) is 5.75 Å². The van der Waals surface area contributed by atoms with Crippen LogP contribution in [0.5, 0.6) is 5.75 Å². The number of para-hydroxylation sites is 1. The first-order valence-electron chi connectivity index (χ1n) is 12.5. The number of fused-ring (bicyclic) bond motifs is 2. The average Bonchev–Trinajstić information content (AvgIpc) is 2.91. The van der Waals surface area contributed by atoms with Crippen molar-refractivity contribution in [2.75, 3.05) is 24.3 Å². The van der Waals surface area contributed by atoms with Crippen LogP contribution in [-0.2, 0) is 9.53 Å².